The number of rotatable bonds is 4. The summed E-state index contributed by atoms with van der Waals surface area (Å²) < 4.78 is 10.7. The number of hydrogen-bond donors (Lipinski definition) is 3. The Morgan fingerprint density at radius 2 is 1.83 bits per heavy atom. The number of ether oxygens (including phenoxy) is 1. The summed E-state index contributed by atoms with van der Waals surface area (Å²) in [5.74, 6) is 1.47. The van der Waals surface area contributed by atoms with Crippen molar-refractivity contribution in [2.45, 2.75) is 0 Å². The lowest BCUT2D eigenvalue weighted by Crippen LogP contribution is -2.18. The Hall–Kier alpha value is -3.06. The average Bonchev–Trinajstić information content (AvgIpc) is 3.11. The quantitative estimate of drug-likeness (QED) is 0.491. The van der Waals surface area contributed by atoms with Crippen LogP contribution in [0.15, 0.2) is 59.5 Å². The molecule has 7 heteroatoms. The van der Waals surface area contributed by atoms with E-state index in [1.165, 1.54) is 6.39 Å². The number of nitrogens with zero attached hydrogens (tertiary/aromatic N) is 1. The second kappa shape index (κ2) is 7.01. The number of oxazole rings is 1. The number of anilines is 2. The molecule has 3 aromatic rings. The lowest BCUT2D eigenvalue weighted by Gasteiger charge is -2.13. The summed E-state index contributed by atoms with van der Waals surface area (Å²) in [4.78, 5) is 3.91. The van der Waals surface area contributed by atoms with E-state index in [-0.39, 0.29) is 5.75 Å². The maximum atomic E-state index is 9.29. The van der Waals surface area contributed by atoms with E-state index in [1.807, 2.05) is 18.2 Å². The van der Waals surface area contributed by atoms with Gasteiger partial charge in [-0.05, 0) is 48.6 Å². The molecule has 2 aromatic carbocycles. The normalized spacial score (nSPS) is 10.2. The van der Waals surface area contributed by atoms with Crippen LogP contribution in [0.1, 0.15) is 0 Å². The summed E-state index contributed by atoms with van der Waals surface area (Å²) in [7, 11) is 1.59. The molecule has 122 valence electrons. The van der Waals surface area contributed by atoms with Crippen LogP contribution in [0.4, 0.5) is 11.4 Å². The van der Waals surface area contributed by atoms with Gasteiger partial charge >= 0.3 is 0 Å². The molecule has 3 N–H and O–H groups in total. The Bertz CT molecular complexity index is 833. The fraction of sp³-hybridized carbons (Fsp3) is 0.0588. The molecular weight excluding hydrogens is 326 g/mol. The van der Waals surface area contributed by atoms with Crippen LogP contribution in [0, 0.1) is 0 Å². The summed E-state index contributed by atoms with van der Waals surface area (Å²) >= 11 is 5.29. The van der Waals surface area contributed by atoms with Gasteiger partial charge in [-0.1, -0.05) is 0 Å². The van der Waals surface area contributed by atoms with Crippen molar-refractivity contribution >= 4 is 28.7 Å². The van der Waals surface area contributed by atoms with E-state index in [0.29, 0.717) is 16.6 Å². The zero-order chi connectivity index (χ0) is 16.9. The Morgan fingerprint density at radius 3 is 2.50 bits per heavy atom. The van der Waals surface area contributed by atoms with Gasteiger partial charge < -0.3 is 24.9 Å². The van der Waals surface area contributed by atoms with Gasteiger partial charge in [-0.25, -0.2) is 4.98 Å². The zero-order valence-corrected chi connectivity index (χ0v) is 13.6. The molecule has 6 nitrogen and oxygen atoms in total. The minimum atomic E-state index is 0.201. The molecule has 0 bridgehead atoms. The Morgan fingerprint density at radius 1 is 1.12 bits per heavy atom. The number of aromatic hydroxyl groups is 1. The molecule has 0 saturated carbocycles. The van der Waals surface area contributed by atoms with E-state index in [1.54, 1.807) is 37.6 Å². The highest BCUT2D eigenvalue weighted by atomic mass is 32.1. The highest BCUT2D eigenvalue weighted by Gasteiger charge is 2.10. The van der Waals surface area contributed by atoms with Crippen LogP contribution < -0.4 is 15.4 Å². The third-order valence-electron chi connectivity index (χ3n) is 3.28. The molecule has 1 aromatic heterocycles. The molecule has 0 radical (unpaired) electrons. The molecule has 0 amide bonds. The summed E-state index contributed by atoms with van der Waals surface area (Å²) in [6, 6.07) is 12.2. The van der Waals surface area contributed by atoms with Crippen molar-refractivity contribution in [2.24, 2.45) is 0 Å². The van der Waals surface area contributed by atoms with Crippen molar-refractivity contribution in [1.82, 2.24) is 4.98 Å². The fourth-order valence-corrected chi connectivity index (χ4v) is 2.40. The smallest absolute Gasteiger partial charge is 0.181 e. The van der Waals surface area contributed by atoms with E-state index in [2.05, 4.69) is 15.6 Å². The van der Waals surface area contributed by atoms with Crippen molar-refractivity contribution in [1.29, 1.82) is 0 Å². The number of nitrogens with one attached hydrogen (secondary N) is 2. The summed E-state index contributed by atoms with van der Waals surface area (Å²) in [5, 5.41) is 15.8. The highest BCUT2D eigenvalue weighted by Crippen LogP contribution is 2.32. The van der Waals surface area contributed by atoms with E-state index < -0.39 is 0 Å². The van der Waals surface area contributed by atoms with Gasteiger partial charge in [0.25, 0.3) is 0 Å². The number of aromatic nitrogens is 1. The fourth-order valence-electron chi connectivity index (χ4n) is 2.16. The van der Waals surface area contributed by atoms with Crippen LogP contribution in [-0.2, 0) is 0 Å². The van der Waals surface area contributed by atoms with E-state index >= 15 is 0 Å². The van der Waals surface area contributed by atoms with Gasteiger partial charge in [-0.3, -0.25) is 0 Å². The monoisotopic (exact) mass is 341 g/mol. The highest BCUT2D eigenvalue weighted by molar-refractivity contribution is 7.80. The first-order valence-electron chi connectivity index (χ1n) is 7.09. The van der Waals surface area contributed by atoms with Crippen LogP contribution in [0.5, 0.6) is 11.5 Å². The summed E-state index contributed by atoms with van der Waals surface area (Å²) in [6.07, 6.45) is 3.00. The first-order valence-corrected chi connectivity index (χ1v) is 7.50. The third kappa shape index (κ3) is 3.64. The van der Waals surface area contributed by atoms with E-state index in [9.17, 15) is 5.11 Å². The number of hydrogen-bond acceptors (Lipinski definition) is 5. The van der Waals surface area contributed by atoms with E-state index in [4.69, 9.17) is 21.4 Å². The second-order valence-electron chi connectivity index (χ2n) is 4.91. The second-order valence-corrected chi connectivity index (χ2v) is 5.31. The maximum Gasteiger partial charge on any atom is 0.181 e. The minimum Gasteiger partial charge on any atom is -0.508 e. The number of benzene rings is 2. The van der Waals surface area contributed by atoms with Crippen LogP contribution in [-0.4, -0.2) is 22.3 Å². The maximum absolute atomic E-state index is 9.29. The molecule has 3 rings (SSSR count). The van der Waals surface area contributed by atoms with Gasteiger partial charge in [-0.2, -0.15) is 0 Å². The van der Waals surface area contributed by atoms with Crippen LogP contribution in [0.3, 0.4) is 0 Å². The van der Waals surface area contributed by atoms with Gasteiger partial charge in [0.05, 0.1) is 18.9 Å². The number of methoxy groups -OCH3 is 1. The van der Waals surface area contributed by atoms with Crippen LogP contribution in [0.25, 0.3) is 11.3 Å². The van der Waals surface area contributed by atoms with E-state index in [0.717, 1.165) is 16.9 Å². The van der Waals surface area contributed by atoms with Gasteiger partial charge in [0.2, 0.25) is 0 Å². The van der Waals surface area contributed by atoms with Crippen molar-refractivity contribution < 1.29 is 14.3 Å². The van der Waals surface area contributed by atoms with Crippen LogP contribution >= 0.6 is 12.2 Å². The van der Waals surface area contributed by atoms with Crippen molar-refractivity contribution in [3.8, 4) is 22.8 Å². The van der Waals surface area contributed by atoms with Crippen molar-refractivity contribution in [2.75, 3.05) is 17.7 Å². The predicted octanol–water partition coefficient (Wildman–Crippen LogP) is 3.86. The van der Waals surface area contributed by atoms with Gasteiger partial charge in [0.15, 0.2) is 17.3 Å². The Balaban J connectivity index is 1.73. The molecular formula is C17H15N3O3S. The lowest BCUT2D eigenvalue weighted by atomic mass is 10.1. The Labute approximate surface area is 144 Å². The molecule has 1 heterocycles. The SMILES string of the molecule is COc1cc(NC(=S)Nc2ccc(O)cc2)ccc1-c1cnco1. The molecule has 24 heavy (non-hydrogen) atoms. The lowest BCUT2D eigenvalue weighted by molar-refractivity contribution is 0.415. The first kappa shape index (κ1) is 15.8. The summed E-state index contributed by atoms with van der Waals surface area (Å²) in [6.45, 7) is 0. The molecule has 0 saturated heterocycles. The summed E-state index contributed by atoms with van der Waals surface area (Å²) in [5.41, 5.74) is 2.35. The topological polar surface area (TPSA) is 79.5 Å². The van der Waals surface area contributed by atoms with Crippen molar-refractivity contribution in [3.05, 3.63) is 55.1 Å². The standard InChI is InChI=1S/C17H15N3O3S/c1-22-15-8-12(4-7-14(15)16-9-18-10-23-16)20-17(24)19-11-2-5-13(21)6-3-11/h2-10,21H,1H3,(H2,19,20,24). The molecule has 0 fully saturated rings. The largest absolute Gasteiger partial charge is 0.508 e. The minimum absolute atomic E-state index is 0.201. The number of phenolic OH excluding ortho intramolecular Hbond substituents is 1. The molecule has 0 aliphatic carbocycles. The van der Waals surface area contributed by atoms with Gasteiger partial charge in [-0.15, -0.1) is 0 Å². The molecule has 0 aliphatic rings. The molecule has 0 spiro atoms. The van der Waals surface area contributed by atoms with Gasteiger partial charge in [0.1, 0.15) is 11.5 Å². The van der Waals surface area contributed by atoms with Gasteiger partial charge in [0, 0.05) is 17.4 Å². The molecule has 0 atom stereocenters. The number of phenols is 1. The predicted molar refractivity (Wildman–Crippen MR) is 96.4 cm³/mol. The number of thiocarbonyl (C=S) groups is 1. The first-order chi connectivity index (χ1) is 11.7. The Kier molecular flexibility index (Phi) is 4.62. The average molecular weight is 341 g/mol. The molecule has 0 aliphatic heterocycles. The third-order valence-corrected chi connectivity index (χ3v) is 3.49. The molecule has 0 unspecified atom stereocenters. The van der Waals surface area contributed by atoms with Crippen molar-refractivity contribution in [3.63, 3.8) is 0 Å². The zero-order valence-electron chi connectivity index (χ0n) is 12.8. The van der Waals surface area contributed by atoms with Crippen LogP contribution in [0.2, 0.25) is 0 Å².